The normalized spacial score (nSPS) is 7.20. The van der Waals surface area contributed by atoms with E-state index in [1.807, 2.05) is 0 Å². The summed E-state index contributed by atoms with van der Waals surface area (Å²) in [4.78, 5) is 15.9. The standard InChI is InChI=1S/C4H4N2.CH2O3/c1-2-5-4-6-3-1;2-1(3)4/h1-4H;(H2,2,3,4). The summed E-state index contributed by atoms with van der Waals surface area (Å²) in [5.74, 6) is 0. The molecule has 0 aliphatic carbocycles. The van der Waals surface area contributed by atoms with E-state index in [2.05, 4.69) is 9.97 Å². The van der Waals surface area contributed by atoms with Crippen molar-refractivity contribution in [1.82, 2.24) is 9.97 Å². The lowest BCUT2D eigenvalue weighted by atomic mass is 10.7. The van der Waals surface area contributed by atoms with Crippen molar-refractivity contribution < 1.29 is 15.0 Å². The molecule has 2 N–H and O–H groups in total. The van der Waals surface area contributed by atoms with Crippen LogP contribution in [0.3, 0.4) is 0 Å². The van der Waals surface area contributed by atoms with Gasteiger partial charge in [-0.15, -0.1) is 0 Å². The minimum absolute atomic E-state index is 1.50. The smallest absolute Gasteiger partial charge is 0.450 e. The number of nitrogens with zero attached hydrogens (tertiary/aromatic N) is 2. The molecule has 0 radical (unpaired) electrons. The Labute approximate surface area is 57.0 Å². The number of aromatic nitrogens is 2. The maximum Gasteiger partial charge on any atom is 0.503 e. The summed E-state index contributed by atoms with van der Waals surface area (Å²) < 4.78 is 0. The van der Waals surface area contributed by atoms with E-state index in [1.165, 1.54) is 6.33 Å². The Hall–Kier alpha value is -1.65. The van der Waals surface area contributed by atoms with Gasteiger partial charge >= 0.3 is 6.16 Å². The van der Waals surface area contributed by atoms with Crippen molar-refractivity contribution in [2.24, 2.45) is 0 Å². The molecule has 1 heterocycles. The first-order chi connectivity index (χ1) is 4.73. The average Bonchev–Trinajstić information content (AvgIpc) is 1.90. The van der Waals surface area contributed by atoms with Crippen LogP contribution >= 0.6 is 0 Å². The molecule has 54 valence electrons. The van der Waals surface area contributed by atoms with Crippen molar-refractivity contribution in [2.75, 3.05) is 0 Å². The Morgan fingerprint density at radius 2 is 1.60 bits per heavy atom. The van der Waals surface area contributed by atoms with Crippen molar-refractivity contribution in [1.29, 1.82) is 0 Å². The zero-order valence-electron chi connectivity index (χ0n) is 5.01. The molecule has 10 heavy (non-hydrogen) atoms. The Kier molecular flexibility index (Phi) is 4.58. The van der Waals surface area contributed by atoms with Crippen LogP contribution in [0.15, 0.2) is 24.8 Å². The third kappa shape index (κ3) is 9.61. The summed E-state index contributed by atoms with van der Waals surface area (Å²) >= 11 is 0. The minimum Gasteiger partial charge on any atom is -0.450 e. The van der Waals surface area contributed by atoms with Gasteiger partial charge in [0.25, 0.3) is 0 Å². The molecule has 0 saturated heterocycles. The molecule has 0 aliphatic heterocycles. The highest BCUT2D eigenvalue weighted by molar-refractivity contribution is 5.53. The van der Waals surface area contributed by atoms with Crippen LogP contribution < -0.4 is 0 Å². The Bertz CT molecular complexity index is 147. The summed E-state index contributed by atoms with van der Waals surface area (Å²) in [7, 11) is 0. The molecule has 5 heteroatoms. The van der Waals surface area contributed by atoms with Crippen LogP contribution in [0, 0.1) is 0 Å². The Morgan fingerprint density at radius 3 is 1.70 bits per heavy atom. The first-order valence-corrected chi connectivity index (χ1v) is 2.35. The molecule has 0 saturated carbocycles. The molecule has 0 spiro atoms. The predicted octanol–water partition coefficient (Wildman–Crippen LogP) is 0.699. The summed E-state index contributed by atoms with van der Waals surface area (Å²) in [5, 5.41) is 13.9. The van der Waals surface area contributed by atoms with Crippen LogP contribution in [-0.2, 0) is 0 Å². The third-order valence-electron chi connectivity index (χ3n) is 0.478. The lowest BCUT2D eigenvalue weighted by Crippen LogP contribution is -1.81. The number of carbonyl (C=O) groups is 1. The van der Waals surface area contributed by atoms with Crippen LogP contribution in [-0.4, -0.2) is 26.3 Å². The first kappa shape index (κ1) is 8.35. The van der Waals surface area contributed by atoms with Gasteiger partial charge in [0, 0.05) is 12.4 Å². The quantitative estimate of drug-likeness (QED) is 0.557. The van der Waals surface area contributed by atoms with Gasteiger partial charge in [-0.25, -0.2) is 14.8 Å². The lowest BCUT2D eigenvalue weighted by molar-refractivity contribution is 0.137. The Morgan fingerprint density at radius 1 is 1.20 bits per heavy atom. The van der Waals surface area contributed by atoms with Crippen molar-refractivity contribution in [2.45, 2.75) is 0 Å². The van der Waals surface area contributed by atoms with Crippen LogP contribution in [0.5, 0.6) is 0 Å². The fraction of sp³-hybridized carbons (Fsp3) is 0. The molecule has 1 aromatic rings. The lowest BCUT2D eigenvalue weighted by Gasteiger charge is -1.70. The number of rotatable bonds is 0. The van der Waals surface area contributed by atoms with E-state index in [0.29, 0.717) is 0 Å². The summed E-state index contributed by atoms with van der Waals surface area (Å²) in [6, 6.07) is 1.78. The molecule has 1 rings (SSSR count). The molecular formula is C5H6N2O3. The summed E-state index contributed by atoms with van der Waals surface area (Å²) in [5.41, 5.74) is 0. The van der Waals surface area contributed by atoms with Crippen LogP contribution in [0.4, 0.5) is 4.79 Å². The SMILES string of the molecule is O=C(O)O.c1cncnc1. The van der Waals surface area contributed by atoms with Crippen LogP contribution in [0.25, 0.3) is 0 Å². The highest BCUT2D eigenvalue weighted by atomic mass is 16.6. The van der Waals surface area contributed by atoms with Crippen molar-refractivity contribution >= 4 is 6.16 Å². The molecule has 0 aliphatic rings. The van der Waals surface area contributed by atoms with Gasteiger partial charge in [-0.3, -0.25) is 0 Å². The average molecular weight is 142 g/mol. The van der Waals surface area contributed by atoms with E-state index in [1.54, 1.807) is 18.5 Å². The molecule has 1 aromatic heterocycles. The highest BCUT2D eigenvalue weighted by Gasteiger charge is 1.70. The minimum atomic E-state index is -1.83. The van der Waals surface area contributed by atoms with Gasteiger partial charge in [-0.1, -0.05) is 0 Å². The molecule has 5 nitrogen and oxygen atoms in total. The first-order valence-electron chi connectivity index (χ1n) is 2.35. The summed E-state index contributed by atoms with van der Waals surface area (Å²) in [6.07, 6.45) is 3.04. The molecular weight excluding hydrogens is 136 g/mol. The van der Waals surface area contributed by atoms with Gasteiger partial charge < -0.3 is 10.2 Å². The largest absolute Gasteiger partial charge is 0.503 e. The van der Waals surface area contributed by atoms with E-state index >= 15 is 0 Å². The highest BCUT2D eigenvalue weighted by Crippen LogP contribution is 1.66. The molecule has 0 bridgehead atoms. The fourth-order valence-electron chi connectivity index (χ4n) is 0.253. The van der Waals surface area contributed by atoms with E-state index in [4.69, 9.17) is 15.0 Å². The van der Waals surface area contributed by atoms with Gasteiger partial charge in [0.15, 0.2) is 0 Å². The van der Waals surface area contributed by atoms with E-state index < -0.39 is 6.16 Å². The van der Waals surface area contributed by atoms with Gasteiger partial charge in [-0.05, 0) is 6.07 Å². The number of hydrogen-bond donors (Lipinski definition) is 2. The van der Waals surface area contributed by atoms with Gasteiger partial charge in [0.2, 0.25) is 0 Å². The van der Waals surface area contributed by atoms with E-state index in [-0.39, 0.29) is 0 Å². The van der Waals surface area contributed by atoms with Crippen molar-refractivity contribution in [3.63, 3.8) is 0 Å². The van der Waals surface area contributed by atoms with Gasteiger partial charge in [-0.2, -0.15) is 0 Å². The molecule has 0 fully saturated rings. The van der Waals surface area contributed by atoms with Crippen LogP contribution in [0.1, 0.15) is 0 Å². The molecule has 0 unspecified atom stereocenters. The second-order valence-electron chi connectivity index (χ2n) is 1.19. The maximum atomic E-state index is 8.56. The fourth-order valence-corrected chi connectivity index (χ4v) is 0.253. The summed E-state index contributed by atoms with van der Waals surface area (Å²) in [6.45, 7) is 0. The molecule has 0 amide bonds. The van der Waals surface area contributed by atoms with E-state index in [9.17, 15) is 0 Å². The zero-order valence-corrected chi connectivity index (χ0v) is 5.01. The van der Waals surface area contributed by atoms with Crippen molar-refractivity contribution in [3.8, 4) is 0 Å². The van der Waals surface area contributed by atoms with Crippen molar-refractivity contribution in [3.05, 3.63) is 24.8 Å². The van der Waals surface area contributed by atoms with Gasteiger partial charge in [0.05, 0.1) is 0 Å². The second-order valence-corrected chi connectivity index (χ2v) is 1.19. The zero-order chi connectivity index (χ0) is 7.82. The predicted molar refractivity (Wildman–Crippen MR) is 32.7 cm³/mol. The maximum absolute atomic E-state index is 8.56. The van der Waals surface area contributed by atoms with Gasteiger partial charge in [0.1, 0.15) is 6.33 Å². The molecule has 0 aromatic carbocycles. The number of carboxylic acid groups (broad SMARTS) is 2. The topological polar surface area (TPSA) is 83.3 Å². The second kappa shape index (κ2) is 5.49. The van der Waals surface area contributed by atoms with Crippen LogP contribution in [0.2, 0.25) is 0 Å². The monoisotopic (exact) mass is 142 g/mol. The molecule has 0 atom stereocenters. The number of hydrogen-bond acceptors (Lipinski definition) is 3. The van der Waals surface area contributed by atoms with E-state index in [0.717, 1.165) is 0 Å². The Balaban J connectivity index is 0.000000180. The third-order valence-corrected chi connectivity index (χ3v) is 0.478.